The first-order chi connectivity index (χ1) is 23.2. The predicted octanol–water partition coefficient (Wildman–Crippen LogP) is 5.30. The minimum absolute atomic E-state index is 0.1000. The van der Waals surface area contributed by atoms with Crippen LogP contribution in [0.1, 0.15) is 99.3 Å². The molecule has 10 heteroatoms. The predicted molar refractivity (Wildman–Crippen MR) is 190 cm³/mol. The highest BCUT2D eigenvalue weighted by Gasteiger charge is 2.45. The number of epoxide rings is 1. The van der Waals surface area contributed by atoms with Gasteiger partial charge < -0.3 is 34.0 Å². The third-order valence-corrected chi connectivity index (χ3v) is 11.5. The second-order valence-electron chi connectivity index (χ2n) is 15.8. The smallest absolute Gasteiger partial charge is 0.410 e. The number of hydrogen-bond acceptors (Lipinski definition) is 8. The van der Waals surface area contributed by atoms with Gasteiger partial charge in [-0.3, -0.25) is 9.69 Å². The first-order valence-corrected chi connectivity index (χ1v) is 19.0. The number of quaternary nitrogens is 1. The Morgan fingerprint density at radius 1 is 1.14 bits per heavy atom. The molecule has 0 aromatic carbocycles. The zero-order valence-electron chi connectivity index (χ0n) is 31.0. The number of hydrogen-bond donors (Lipinski definition) is 3. The average Bonchev–Trinajstić information content (AvgIpc) is 3.87. The lowest BCUT2D eigenvalue weighted by molar-refractivity contribution is -0.930. The summed E-state index contributed by atoms with van der Waals surface area (Å²) in [6, 6.07) is 0. The van der Waals surface area contributed by atoms with E-state index >= 15 is 0 Å². The van der Waals surface area contributed by atoms with Gasteiger partial charge in [-0.15, -0.1) is 0 Å². The Morgan fingerprint density at radius 3 is 2.47 bits per heavy atom. The van der Waals surface area contributed by atoms with Crippen molar-refractivity contribution in [2.75, 3.05) is 39.3 Å². The summed E-state index contributed by atoms with van der Waals surface area (Å²) in [6.07, 6.45) is 13.3. The van der Waals surface area contributed by atoms with Gasteiger partial charge in [-0.1, -0.05) is 52.0 Å². The van der Waals surface area contributed by atoms with Crippen molar-refractivity contribution < 1.29 is 43.6 Å². The summed E-state index contributed by atoms with van der Waals surface area (Å²) in [5, 5.41) is 32.4. The fraction of sp³-hybridized carbons (Fsp3) is 0.795. The number of rotatable bonds is 9. The minimum atomic E-state index is -1.44. The summed E-state index contributed by atoms with van der Waals surface area (Å²) >= 11 is 0. The summed E-state index contributed by atoms with van der Waals surface area (Å²) in [7, 11) is 0. The van der Waals surface area contributed by atoms with Crippen LogP contribution in [0.5, 0.6) is 0 Å². The van der Waals surface area contributed by atoms with E-state index in [0.29, 0.717) is 13.1 Å². The molecule has 278 valence electrons. The van der Waals surface area contributed by atoms with Crippen LogP contribution >= 0.6 is 0 Å². The number of aliphatic hydroxyl groups excluding tert-OH is 2. The topological polar surface area (TPSA) is 129 Å². The van der Waals surface area contributed by atoms with Crippen molar-refractivity contribution in [2.45, 2.75) is 142 Å². The molecule has 49 heavy (non-hydrogen) atoms. The van der Waals surface area contributed by atoms with Gasteiger partial charge in [0.2, 0.25) is 0 Å². The van der Waals surface area contributed by atoms with Crippen molar-refractivity contribution in [3.8, 4) is 0 Å². The number of esters is 1. The van der Waals surface area contributed by atoms with E-state index in [2.05, 4.69) is 13.0 Å². The minimum Gasteiger partial charge on any atom is -0.457 e. The van der Waals surface area contributed by atoms with E-state index in [1.54, 1.807) is 17.9 Å². The van der Waals surface area contributed by atoms with E-state index in [0.717, 1.165) is 36.0 Å². The molecule has 3 saturated heterocycles. The molecule has 4 rings (SSSR count). The zero-order chi connectivity index (χ0) is 35.8. The van der Waals surface area contributed by atoms with Gasteiger partial charge in [-0.05, 0) is 82.8 Å². The SMILES string of the molecule is CC[C@H](O)[C@@H](C)[C@H]1O[C@@H]1C[C@H](C)/C=C/C=C(\C)[C@H]1OC(=O)C[C@H](O)CC[C@@](C)(O)[C@@H](OC(=O)N2CC[N+]3(CCCCCC3)CC2)/C=C/[C@@H]1C. The van der Waals surface area contributed by atoms with Gasteiger partial charge in [-0.25, -0.2) is 4.79 Å². The Kier molecular flexibility index (Phi) is 14.4. The molecule has 0 bridgehead atoms. The molecular weight excluding hydrogens is 624 g/mol. The van der Waals surface area contributed by atoms with E-state index in [1.165, 1.54) is 38.8 Å². The molecule has 1 spiro atoms. The van der Waals surface area contributed by atoms with Crippen molar-refractivity contribution in [2.24, 2.45) is 17.8 Å². The molecule has 0 radical (unpaired) electrons. The molecule has 0 aromatic rings. The molecule has 0 aromatic heterocycles. The maximum atomic E-state index is 13.5. The number of carbonyl (C=O) groups is 2. The Balaban J connectivity index is 1.41. The van der Waals surface area contributed by atoms with Crippen LogP contribution in [0.3, 0.4) is 0 Å². The summed E-state index contributed by atoms with van der Waals surface area (Å²) < 4.78 is 18.9. The van der Waals surface area contributed by atoms with Crippen molar-refractivity contribution in [3.63, 3.8) is 0 Å². The number of aliphatic hydroxyl groups is 3. The van der Waals surface area contributed by atoms with Crippen LogP contribution < -0.4 is 0 Å². The first-order valence-electron chi connectivity index (χ1n) is 19.0. The fourth-order valence-corrected chi connectivity index (χ4v) is 7.85. The number of ether oxygens (including phenoxy) is 3. The first kappa shape index (κ1) is 39.5. The summed E-state index contributed by atoms with van der Waals surface area (Å²) in [5.74, 6) is -0.424. The molecule has 4 heterocycles. The van der Waals surface area contributed by atoms with E-state index < -0.39 is 36.0 Å². The fourth-order valence-electron chi connectivity index (χ4n) is 7.85. The highest BCUT2D eigenvalue weighted by molar-refractivity contribution is 5.70. The number of piperazine rings is 1. The lowest BCUT2D eigenvalue weighted by Crippen LogP contribution is -2.61. The molecule has 3 fully saturated rings. The lowest BCUT2D eigenvalue weighted by atomic mass is 9.88. The zero-order valence-corrected chi connectivity index (χ0v) is 31.0. The highest BCUT2D eigenvalue weighted by atomic mass is 16.6. The van der Waals surface area contributed by atoms with Gasteiger partial charge in [0, 0.05) is 11.8 Å². The van der Waals surface area contributed by atoms with Crippen molar-refractivity contribution in [1.82, 2.24) is 4.90 Å². The maximum absolute atomic E-state index is 13.5. The number of carbonyl (C=O) groups excluding carboxylic acids is 2. The Bertz CT molecular complexity index is 1170. The highest BCUT2D eigenvalue weighted by Crippen LogP contribution is 2.36. The van der Waals surface area contributed by atoms with Crippen LogP contribution in [0.15, 0.2) is 36.0 Å². The third kappa shape index (κ3) is 11.4. The third-order valence-electron chi connectivity index (χ3n) is 11.5. The van der Waals surface area contributed by atoms with Gasteiger partial charge in [0.15, 0.2) is 6.10 Å². The second kappa shape index (κ2) is 17.8. The van der Waals surface area contributed by atoms with Crippen LogP contribution in [0, 0.1) is 17.8 Å². The van der Waals surface area contributed by atoms with Crippen LogP contribution in [-0.2, 0) is 19.0 Å². The van der Waals surface area contributed by atoms with Gasteiger partial charge in [0.25, 0.3) is 0 Å². The number of allylic oxidation sites excluding steroid dienone is 3. The van der Waals surface area contributed by atoms with Gasteiger partial charge in [0.1, 0.15) is 11.7 Å². The Hall–Kier alpha value is -2.24. The molecule has 0 saturated carbocycles. The van der Waals surface area contributed by atoms with Crippen LogP contribution in [0.2, 0.25) is 0 Å². The average molecular weight is 690 g/mol. The largest absolute Gasteiger partial charge is 0.457 e. The van der Waals surface area contributed by atoms with E-state index in [-0.39, 0.29) is 55.3 Å². The van der Waals surface area contributed by atoms with Gasteiger partial charge >= 0.3 is 12.1 Å². The van der Waals surface area contributed by atoms with Crippen molar-refractivity contribution >= 4 is 12.1 Å². The summed E-state index contributed by atoms with van der Waals surface area (Å²) in [6.45, 7) is 17.1. The Morgan fingerprint density at radius 2 is 1.82 bits per heavy atom. The van der Waals surface area contributed by atoms with E-state index in [9.17, 15) is 24.9 Å². The van der Waals surface area contributed by atoms with Crippen LogP contribution in [-0.4, -0.2) is 118 Å². The van der Waals surface area contributed by atoms with Gasteiger partial charge in [0.05, 0.1) is 70.1 Å². The van der Waals surface area contributed by atoms with E-state index in [1.807, 2.05) is 45.9 Å². The summed E-state index contributed by atoms with van der Waals surface area (Å²) in [5.41, 5.74) is -0.611. The molecule has 10 nitrogen and oxygen atoms in total. The number of nitrogens with zero attached hydrogens (tertiary/aromatic N) is 2. The van der Waals surface area contributed by atoms with Crippen LogP contribution in [0.4, 0.5) is 4.79 Å². The molecule has 1 amide bonds. The lowest BCUT2D eigenvalue weighted by Gasteiger charge is -2.44. The molecule has 0 aliphatic carbocycles. The second-order valence-corrected chi connectivity index (χ2v) is 15.8. The molecule has 0 unspecified atom stereocenters. The van der Waals surface area contributed by atoms with E-state index in [4.69, 9.17) is 14.2 Å². The quantitative estimate of drug-likeness (QED) is 0.0979. The summed E-state index contributed by atoms with van der Waals surface area (Å²) in [4.78, 5) is 28.1. The molecule has 4 aliphatic heterocycles. The Labute approximate surface area is 294 Å². The van der Waals surface area contributed by atoms with Gasteiger partial charge in [-0.2, -0.15) is 0 Å². The molecule has 3 N–H and O–H groups in total. The monoisotopic (exact) mass is 689 g/mol. The normalized spacial score (nSPS) is 35.7. The van der Waals surface area contributed by atoms with Crippen LogP contribution in [0.25, 0.3) is 0 Å². The number of cyclic esters (lactones) is 1. The maximum Gasteiger partial charge on any atom is 0.410 e. The van der Waals surface area contributed by atoms with Crippen molar-refractivity contribution in [1.29, 1.82) is 0 Å². The number of amides is 1. The molecule has 4 aliphatic rings. The molecular formula is C39H65N2O8+. The van der Waals surface area contributed by atoms with Crippen molar-refractivity contribution in [3.05, 3.63) is 36.0 Å². The molecule has 10 atom stereocenters. The standard InChI is InChI=1S/C39H65N2O8/c1-7-32(43)30(5)37-33(47-37)25-27(2)13-12-14-28(3)36-29(4)15-16-34(39(6,46)18-17-31(42)26-35(44)49-36)48-38(45)40-19-23-41(24-20-40)21-10-8-9-11-22-41/h12-16,27,29-34,36-37,42-43,46H,7-11,17-26H2,1-6H3/q+1/b13-12+,16-15+,28-14+/t27-,29+,30-,31-,32+,33-,34+,36-,37-,39-/m1/s1.